The van der Waals surface area contributed by atoms with Crippen LogP contribution in [0, 0.1) is 0 Å². The van der Waals surface area contributed by atoms with Gasteiger partial charge in [-0.25, -0.2) is 4.79 Å². The van der Waals surface area contributed by atoms with Gasteiger partial charge in [0.2, 0.25) is 0 Å². The number of hydrogen-bond acceptors (Lipinski definition) is 4. The molecular weight excluding hydrogens is 298 g/mol. The summed E-state index contributed by atoms with van der Waals surface area (Å²) in [6.45, 7) is 4.60. The number of urea groups is 1. The quantitative estimate of drug-likeness (QED) is 0.809. The number of rotatable bonds is 5. The molecule has 3 aliphatic rings. The van der Waals surface area contributed by atoms with Gasteiger partial charge in [-0.1, -0.05) is 12.8 Å². The number of carbonyl (C=O) groups excluding carboxylic acids is 1. The van der Waals surface area contributed by atoms with E-state index in [1.54, 1.807) is 0 Å². The first kappa shape index (κ1) is 16.4. The third-order valence-corrected chi connectivity index (χ3v) is 6.25. The Kier molecular flexibility index (Phi) is 5.88. The van der Waals surface area contributed by atoms with Crippen LogP contribution in [0.4, 0.5) is 4.79 Å². The lowest BCUT2D eigenvalue weighted by molar-refractivity contribution is 0.101. The van der Waals surface area contributed by atoms with Crippen LogP contribution in [0.1, 0.15) is 38.5 Å². The SMILES string of the molecule is O=C(NC[C@@H]1CCCO1)NCC1(N2CCSCC2)CCCC1. The molecular formula is C16H29N3O2S. The summed E-state index contributed by atoms with van der Waals surface area (Å²) in [5.41, 5.74) is 0.210. The van der Waals surface area contributed by atoms with Crippen molar-refractivity contribution in [1.82, 2.24) is 15.5 Å². The number of ether oxygens (including phenoxy) is 1. The van der Waals surface area contributed by atoms with Crippen molar-refractivity contribution in [2.24, 2.45) is 0 Å². The molecule has 1 aliphatic carbocycles. The van der Waals surface area contributed by atoms with Crippen molar-refractivity contribution >= 4 is 17.8 Å². The number of thioether (sulfide) groups is 1. The Morgan fingerprint density at radius 3 is 2.64 bits per heavy atom. The second kappa shape index (κ2) is 7.88. The zero-order valence-electron chi connectivity index (χ0n) is 13.4. The van der Waals surface area contributed by atoms with Crippen LogP contribution in [0.5, 0.6) is 0 Å². The molecule has 0 bridgehead atoms. The van der Waals surface area contributed by atoms with Crippen LogP contribution in [-0.4, -0.2) is 66.9 Å². The van der Waals surface area contributed by atoms with Gasteiger partial charge in [0.1, 0.15) is 0 Å². The molecule has 22 heavy (non-hydrogen) atoms. The molecule has 6 heteroatoms. The van der Waals surface area contributed by atoms with Crippen molar-refractivity contribution in [2.75, 3.05) is 44.3 Å². The van der Waals surface area contributed by atoms with Crippen molar-refractivity contribution in [2.45, 2.75) is 50.2 Å². The highest BCUT2D eigenvalue weighted by Crippen LogP contribution is 2.36. The smallest absolute Gasteiger partial charge is 0.314 e. The molecule has 2 heterocycles. The van der Waals surface area contributed by atoms with E-state index in [-0.39, 0.29) is 17.7 Å². The van der Waals surface area contributed by atoms with Gasteiger partial charge < -0.3 is 15.4 Å². The van der Waals surface area contributed by atoms with E-state index in [1.165, 1.54) is 50.3 Å². The highest BCUT2D eigenvalue weighted by molar-refractivity contribution is 7.99. The number of amides is 2. The predicted octanol–water partition coefficient (Wildman–Crippen LogP) is 1.83. The number of hydrogen-bond donors (Lipinski definition) is 2. The van der Waals surface area contributed by atoms with Crippen molar-refractivity contribution in [3.8, 4) is 0 Å². The summed E-state index contributed by atoms with van der Waals surface area (Å²) in [4.78, 5) is 14.7. The molecule has 2 amide bonds. The third kappa shape index (κ3) is 4.09. The minimum atomic E-state index is -0.0341. The Morgan fingerprint density at radius 1 is 1.18 bits per heavy atom. The monoisotopic (exact) mass is 327 g/mol. The van der Waals surface area contributed by atoms with Crippen LogP contribution >= 0.6 is 11.8 Å². The van der Waals surface area contributed by atoms with Gasteiger partial charge in [0.15, 0.2) is 0 Å². The fraction of sp³-hybridized carbons (Fsp3) is 0.938. The van der Waals surface area contributed by atoms with E-state index in [1.807, 2.05) is 11.8 Å². The molecule has 2 aliphatic heterocycles. The predicted molar refractivity (Wildman–Crippen MR) is 90.5 cm³/mol. The van der Waals surface area contributed by atoms with Gasteiger partial charge in [0.05, 0.1) is 6.10 Å². The molecule has 0 aromatic heterocycles. The van der Waals surface area contributed by atoms with Crippen LogP contribution in [0.15, 0.2) is 0 Å². The van der Waals surface area contributed by atoms with Gasteiger partial charge in [0, 0.05) is 49.8 Å². The molecule has 126 valence electrons. The summed E-state index contributed by atoms with van der Waals surface area (Å²) >= 11 is 2.05. The molecule has 2 N–H and O–H groups in total. The Bertz CT molecular complexity index is 362. The average molecular weight is 327 g/mol. The Balaban J connectivity index is 1.45. The minimum Gasteiger partial charge on any atom is -0.376 e. The topological polar surface area (TPSA) is 53.6 Å². The fourth-order valence-electron chi connectivity index (χ4n) is 3.99. The lowest BCUT2D eigenvalue weighted by Gasteiger charge is -2.43. The number of nitrogens with one attached hydrogen (secondary N) is 2. The van der Waals surface area contributed by atoms with Crippen LogP contribution < -0.4 is 10.6 Å². The van der Waals surface area contributed by atoms with Crippen molar-refractivity contribution in [1.29, 1.82) is 0 Å². The van der Waals surface area contributed by atoms with Crippen molar-refractivity contribution < 1.29 is 9.53 Å². The van der Waals surface area contributed by atoms with E-state index in [0.717, 1.165) is 26.0 Å². The van der Waals surface area contributed by atoms with Crippen LogP contribution in [0.3, 0.4) is 0 Å². The van der Waals surface area contributed by atoms with E-state index >= 15 is 0 Å². The number of carbonyl (C=O) groups is 1. The zero-order valence-corrected chi connectivity index (χ0v) is 14.3. The molecule has 1 saturated carbocycles. The van der Waals surface area contributed by atoms with Gasteiger partial charge in [-0.3, -0.25) is 4.90 Å². The maximum absolute atomic E-state index is 12.1. The summed E-state index contributed by atoms with van der Waals surface area (Å²) in [5, 5.41) is 6.10. The Labute approximate surface area is 137 Å². The molecule has 2 saturated heterocycles. The van der Waals surface area contributed by atoms with Crippen molar-refractivity contribution in [3.63, 3.8) is 0 Å². The average Bonchev–Trinajstić information content (AvgIpc) is 3.24. The van der Waals surface area contributed by atoms with Crippen LogP contribution in [0.25, 0.3) is 0 Å². The molecule has 0 aromatic carbocycles. The first-order chi connectivity index (χ1) is 10.8. The highest BCUT2D eigenvalue weighted by Gasteiger charge is 2.40. The number of nitrogens with zero attached hydrogens (tertiary/aromatic N) is 1. The molecule has 5 nitrogen and oxygen atoms in total. The standard InChI is InChI=1S/C16H29N3O2S/c20-15(17-12-14-4-3-9-21-14)18-13-16(5-1-2-6-16)19-7-10-22-11-8-19/h14H,1-13H2,(H2,17,18,20)/t14-/m0/s1. The lowest BCUT2D eigenvalue weighted by Crippen LogP contribution is -2.57. The van der Waals surface area contributed by atoms with E-state index in [0.29, 0.717) is 6.54 Å². The fourth-order valence-corrected chi connectivity index (χ4v) is 4.90. The van der Waals surface area contributed by atoms with Gasteiger partial charge in [-0.15, -0.1) is 0 Å². The van der Waals surface area contributed by atoms with Gasteiger partial charge in [-0.2, -0.15) is 11.8 Å². The molecule has 0 aromatic rings. The summed E-state index contributed by atoms with van der Waals surface area (Å²) < 4.78 is 5.54. The Hall–Kier alpha value is -0.460. The van der Waals surface area contributed by atoms with E-state index in [9.17, 15) is 4.79 Å². The van der Waals surface area contributed by atoms with Crippen LogP contribution in [-0.2, 0) is 4.74 Å². The molecule has 1 atom stereocenters. The summed E-state index contributed by atoms with van der Waals surface area (Å²) in [5.74, 6) is 2.46. The van der Waals surface area contributed by atoms with Gasteiger partial charge >= 0.3 is 6.03 Å². The summed E-state index contributed by atoms with van der Waals surface area (Å²) in [6, 6.07) is -0.0341. The van der Waals surface area contributed by atoms with Crippen molar-refractivity contribution in [3.05, 3.63) is 0 Å². The molecule has 0 radical (unpaired) electrons. The molecule has 3 fully saturated rings. The largest absolute Gasteiger partial charge is 0.376 e. The maximum Gasteiger partial charge on any atom is 0.314 e. The molecule has 3 rings (SSSR count). The van der Waals surface area contributed by atoms with Crippen LogP contribution in [0.2, 0.25) is 0 Å². The Morgan fingerprint density at radius 2 is 1.95 bits per heavy atom. The van der Waals surface area contributed by atoms with Gasteiger partial charge in [-0.05, 0) is 25.7 Å². The second-order valence-electron chi connectivity index (χ2n) is 6.73. The second-order valence-corrected chi connectivity index (χ2v) is 7.95. The third-order valence-electron chi connectivity index (χ3n) is 5.31. The molecule has 0 unspecified atom stereocenters. The summed E-state index contributed by atoms with van der Waals surface area (Å²) in [7, 11) is 0. The van der Waals surface area contributed by atoms with Gasteiger partial charge in [0.25, 0.3) is 0 Å². The minimum absolute atomic E-state index is 0.0341. The van der Waals surface area contributed by atoms with E-state index < -0.39 is 0 Å². The van der Waals surface area contributed by atoms with E-state index in [4.69, 9.17) is 4.74 Å². The molecule has 0 spiro atoms. The first-order valence-corrected chi connectivity index (χ1v) is 9.90. The van der Waals surface area contributed by atoms with E-state index in [2.05, 4.69) is 15.5 Å². The lowest BCUT2D eigenvalue weighted by atomic mass is 9.94. The first-order valence-electron chi connectivity index (χ1n) is 8.75. The summed E-state index contributed by atoms with van der Waals surface area (Å²) in [6.07, 6.45) is 7.43. The highest BCUT2D eigenvalue weighted by atomic mass is 32.2. The normalized spacial score (nSPS) is 28.6. The maximum atomic E-state index is 12.1. The zero-order chi connectivity index (χ0) is 15.3.